The van der Waals surface area contributed by atoms with Gasteiger partial charge in [0.05, 0.1) is 0 Å². The van der Waals surface area contributed by atoms with Gasteiger partial charge in [-0.25, -0.2) is 4.79 Å². The van der Waals surface area contributed by atoms with Gasteiger partial charge in [0.15, 0.2) is 0 Å². The summed E-state index contributed by atoms with van der Waals surface area (Å²) in [6, 6.07) is 9.59. The number of amides is 1. The van der Waals surface area contributed by atoms with E-state index in [1.54, 1.807) is 6.08 Å². The summed E-state index contributed by atoms with van der Waals surface area (Å²) in [7, 11) is 0. The molecular weight excluding hydrogens is 214 g/mol. The zero-order valence-corrected chi connectivity index (χ0v) is 9.76. The van der Waals surface area contributed by atoms with Gasteiger partial charge in [0, 0.05) is 6.54 Å². The number of carbonyl (C=O) groups excluding carboxylic acids is 1. The summed E-state index contributed by atoms with van der Waals surface area (Å²) in [5.41, 5.74) is 0.981. The Hall–Kier alpha value is -2.03. The Morgan fingerprint density at radius 1 is 1.35 bits per heavy atom. The summed E-state index contributed by atoms with van der Waals surface area (Å²) in [5.74, 6) is 0. The first-order chi connectivity index (χ1) is 8.33. The molecule has 0 fully saturated rings. The molecule has 0 saturated carbocycles. The van der Waals surface area contributed by atoms with Crippen molar-refractivity contribution in [2.24, 2.45) is 0 Å². The number of benzene rings is 1. The minimum Gasteiger partial charge on any atom is -0.445 e. The first-order valence-electron chi connectivity index (χ1n) is 5.55. The van der Waals surface area contributed by atoms with Crippen molar-refractivity contribution in [1.29, 1.82) is 0 Å². The minimum atomic E-state index is -0.388. The normalized spacial score (nSPS) is 10.1. The van der Waals surface area contributed by atoms with Crippen molar-refractivity contribution < 1.29 is 9.53 Å². The fourth-order valence-corrected chi connectivity index (χ4v) is 1.22. The molecule has 0 spiro atoms. The Balaban J connectivity index is 2.13. The van der Waals surface area contributed by atoms with Crippen LogP contribution in [0.15, 0.2) is 55.1 Å². The molecule has 0 aromatic heterocycles. The summed E-state index contributed by atoms with van der Waals surface area (Å²) in [4.78, 5) is 11.3. The molecule has 0 bridgehead atoms. The van der Waals surface area contributed by atoms with Crippen LogP contribution in [0, 0.1) is 0 Å². The van der Waals surface area contributed by atoms with Crippen molar-refractivity contribution in [2.75, 3.05) is 6.54 Å². The molecule has 0 aliphatic rings. The quantitative estimate of drug-likeness (QED) is 0.603. The van der Waals surface area contributed by atoms with Gasteiger partial charge in [-0.1, -0.05) is 55.1 Å². The van der Waals surface area contributed by atoms with Crippen molar-refractivity contribution in [3.63, 3.8) is 0 Å². The van der Waals surface area contributed by atoms with E-state index in [4.69, 9.17) is 4.74 Å². The molecule has 0 atom stereocenters. The van der Waals surface area contributed by atoms with Crippen molar-refractivity contribution in [1.82, 2.24) is 5.32 Å². The van der Waals surface area contributed by atoms with Gasteiger partial charge in [-0.3, -0.25) is 0 Å². The second-order valence-corrected chi connectivity index (χ2v) is 3.44. The van der Waals surface area contributed by atoms with E-state index in [-0.39, 0.29) is 6.09 Å². The predicted molar refractivity (Wildman–Crippen MR) is 68.6 cm³/mol. The van der Waals surface area contributed by atoms with E-state index in [9.17, 15) is 4.79 Å². The summed E-state index contributed by atoms with van der Waals surface area (Å²) in [6.07, 6.45) is 5.86. The van der Waals surface area contributed by atoms with Gasteiger partial charge in [0.1, 0.15) is 6.61 Å². The first kappa shape index (κ1) is 13.0. The van der Waals surface area contributed by atoms with Gasteiger partial charge < -0.3 is 10.1 Å². The number of rotatable bonds is 6. The maximum atomic E-state index is 11.3. The van der Waals surface area contributed by atoms with Gasteiger partial charge in [-0.15, -0.1) is 0 Å². The topological polar surface area (TPSA) is 38.3 Å². The zero-order valence-electron chi connectivity index (χ0n) is 9.76. The lowest BCUT2D eigenvalue weighted by Gasteiger charge is -2.05. The molecule has 17 heavy (non-hydrogen) atoms. The van der Waals surface area contributed by atoms with E-state index in [1.807, 2.05) is 42.5 Å². The van der Waals surface area contributed by atoms with E-state index in [1.165, 1.54) is 0 Å². The maximum absolute atomic E-state index is 11.3. The fraction of sp³-hybridized carbons (Fsp3) is 0.214. The lowest BCUT2D eigenvalue weighted by atomic mass is 10.2. The Labute approximate surface area is 102 Å². The average molecular weight is 231 g/mol. The Morgan fingerprint density at radius 3 is 2.82 bits per heavy atom. The van der Waals surface area contributed by atoms with Gasteiger partial charge >= 0.3 is 6.09 Å². The average Bonchev–Trinajstić information content (AvgIpc) is 2.37. The van der Waals surface area contributed by atoms with Crippen molar-refractivity contribution in [3.8, 4) is 0 Å². The van der Waals surface area contributed by atoms with E-state index < -0.39 is 0 Å². The Morgan fingerprint density at radius 2 is 2.12 bits per heavy atom. The highest BCUT2D eigenvalue weighted by Crippen LogP contribution is 2.00. The minimum absolute atomic E-state index is 0.301. The molecule has 1 aromatic carbocycles. The van der Waals surface area contributed by atoms with Crippen LogP contribution in [0.4, 0.5) is 4.79 Å². The molecular formula is C14H17NO2. The summed E-state index contributed by atoms with van der Waals surface area (Å²) >= 11 is 0. The van der Waals surface area contributed by atoms with Gasteiger partial charge in [0.25, 0.3) is 0 Å². The number of ether oxygens (including phenoxy) is 1. The van der Waals surface area contributed by atoms with Crippen molar-refractivity contribution in [3.05, 3.63) is 60.7 Å². The van der Waals surface area contributed by atoms with Crippen LogP contribution in [0.2, 0.25) is 0 Å². The van der Waals surface area contributed by atoms with E-state index >= 15 is 0 Å². The van der Waals surface area contributed by atoms with Crippen LogP contribution in [-0.2, 0) is 11.3 Å². The van der Waals surface area contributed by atoms with Crippen molar-refractivity contribution >= 4 is 6.09 Å². The standard InChI is InChI=1S/C14H17NO2/c1-2-3-4-8-11-15-14(16)17-12-13-9-6-5-7-10-13/h2-7,9-10H,1,8,11-12H2,(H,15,16)/b4-3+. The molecule has 90 valence electrons. The fourth-order valence-electron chi connectivity index (χ4n) is 1.22. The molecule has 0 saturated heterocycles. The Bertz CT molecular complexity index is 371. The van der Waals surface area contributed by atoms with E-state index in [0.717, 1.165) is 12.0 Å². The van der Waals surface area contributed by atoms with Crippen LogP contribution < -0.4 is 5.32 Å². The van der Waals surface area contributed by atoms with Crippen LogP contribution in [-0.4, -0.2) is 12.6 Å². The second-order valence-electron chi connectivity index (χ2n) is 3.44. The Kier molecular flexibility index (Phi) is 6.26. The van der Waals surface area contributed by atoms with Gasteiger partial charge in [-0.05, 0) is 12.0 Å². The summed E-state index contributed by atoms with van der Waals surface area (Å²) in [6.45, 7) is 4.43. The summed E-state index contributed by atoms with van der Waals surface area (Å²) in [5, 5.41) is 2.67. The second kappa shape index (κ2) is 8.16. The monoisotopic (exact) mass is 231 g/mol. The predicted octanol–water partition coefficient (Wildman–Crippen LogP) is 3.05. The molecule has 0 heterocycles. The highest BCUT2D eigenvalue weighted by Gasteiger charge is 2.00. The zero-order chi connectivity index (χ0) is 12.3. The molecule has 3 heteroatoms. The number of alkyl carbamates (subject to hydrolysis) is 1. The number of hydrogen-bond donors (Lipinski definition) is 1. The largest absolute Gasteiger partial charge is 0.445 e. The van der Waals surface area contributed by atoms with Crippen LogP contribution >= 0.6 is 0 Å². The lowest BCUT2D eigenvalue weighted by molar-refractivity contribution is 0.140. The molecule has 1 N–H and O–H groups in total. The molecule has 3 nitrogen and oxygen atoms in total. The third-order valence-electron chi connectivity index (χ3n) is 2.07. The lowest BCUT2D eigenvalue weighted by Crippen LogP contribution is -2.24. The SMILES string of the molecule is C=C/C=C/CCNC(=O)OCc1ccccc1. The first-order valence-corrected chi connectivity index (χ1v) is 5.55. The maximum Gasteiger partial charge on any atom is 0.407 e. The smallest absolute Gasteiger partial charge is 0.407 e. The van der Waals surface area contributed by atoms with Gasteiger partial charge in [0.2, 0.25) is 0 Å². The van der Waals surface area contributed by atoms with E-state index in [2.05, 4.69) is 11.9 Å². The van der Waals surface area contributed by atoms with E-state index in [0.29, 0.717) is 13.2 Å². The molecule has 1 amide bonds. The highest BCUT2D eigenvalue weighted by atomic mass is 16.5. The number of carbonyl (C=O) groups is 1. The number of nitrogens with one attached hydrogen (secondary N) is 1. The van der Waals surface area contributed by atoms with Gasteiger partial charge in [-0.2, -0.15) is 0 Å². The molecule has 0 aliphatic carbocycles. The molecule has 1 rings (SSSR count). The number of allylic oxidation sites excluding steroid dienone is 2. The molecule has 0 radical (unpaired) electrons. The molecule has 0 unspecified atom stereocenters. The van der Waals surface area contributed by atoms with Crippen LogP contribution in [0.25, 0.3) is 0 Å². The third kappa shape index (κ3) is 6.20. The highest BCUT2D eigenvalue weighted by molar-refractivity contribution is 5.67. The molecule has 1 aromatic rings. The number of hydrogen-bond acceptors (Lipinski definition) is 2. The third-order valence-corrected chi connectivity index (χ3v) is 2.07. The van der Waals surface area contributed by atoms with Crippen LogP contribution in [0.5, 0.6) is 0 Å². The van der Waals surface area contributed by atoms with Crippen LogP contribution in [0.1, 0.15) is 12.0 Å². The molecule has 0 aliphatic heterocycles. The summed E-state index contributed by atoms with van der Waals surface area (Å²) < 4.78 is 5.04. The van der Waals surface area contributed by atoms with Crippen LogP contribution in [0.3, 0.4) is 0 Å². The van der Waals surface area contributed by atoms with Crippen molar-refractivity contribution in [2.45, 2.75) is 13.0 Å².